The third-order valence-corrected chi connectivity index (χ3v) is 5.68. The van der Waals surface area contributed by atoms with Gasteiger partial charge in [0, 0.05) is 23.6 Å². The summed E-state index contributed by atoms with van der Waals surface area (Å²) in [6, 6.07) is 10.8. The molecule has 1 aromatic heterocycles. The van der Waals surface area contributed by atoms with Gasteiger partial charge in [-0.15, -0.1) is 5.10 Å². The Morgan fingerprint density at radius 2 is 1.91 bits per heavy atom. The minimum absolute atomic E-state index is 0.126. The minimum Gasteiger partial charge on any atom is -0.507 e. The van der Waals surface area contributed by atoms with Gasteiger partial charge < -0.3 is 14.6 Å². The van der Waals surface area contributed by atoms with Crippen molar-refractivity contribution in [1.82, 2.24) is 15.4 Å². The van der Waals surface area contributed by atoms with E-state index in [4.69, 9.17) is 9.47 Å². The minimum atomic E-state index is -0.503. The van der Waals surface area contributed by atoms with Crippen molar-refractivity contribution in [1.29, 1.82) is 0 Å². The van der Waals surface area contributed by atoms with Crippen molar-refractivity contribution in [2.24, 2.45) is 0 Å². The second kappa shape index (κ2) is 9.64. The molecule has 2 unspecified atom stereocenters. The second-order valence-electron chi connectivity index (χ2n) is 7.86. The fraction of sp³-hybridized carbons (Fsp3) is 0.333. The van der Waals surface area contributed by atoms with E-state index < -0.39 is 18.2 Å². The molecule has 0 bridgehead atoms. The Morgan fingerprint density at radius 3 is 2.69 bits per heavy atom. The van der Waals surface area contributed by atoms with Crippen molar-refractivity contribution in [3.63, 3.8) is 0 Å². The van der Waals surface area contributed by atoms with Crippen LogP contribution in [0, 0.1) is 0 Å². The lowest BCUT2D eigenvalue weighted by molar-refractivity contribution is -0.168. The largest absolute Gasteiger partial charge is 0.507 e. The van der Waals surface area contributed by atoms with E-state index in [1.807, 2.05) is 24.3 Å². The Hall–Kier alpha value is -3.68. The van der Waals surface area contributed by atoms with Gasteiger partial charge >= 0.3 is 11.9 Å². The second-order valence-corrected chi connectivity index (χ2v) is 7.86. The summed E-state index contributed by atoms with van der Waals surface area (Å²) in [6.45, 7) is 3.41. The lowest BCUT2D eigenvalue weighted by atomic mass is 9.94. The molecule has 8 heteroatoms. The van der Waals surface area contributed by atoms with Crippen molar-refractivity contribution in [2.75, 3.05) is 0 Å². The Balaban J connectivity index is 1.42. The van der Waals surface area contributed by atoms with E-state index in [1.54, 1.807) is 12.1 Å². The highest BCUT2D eigenvalue weighted by Crippen LogP contribution is 2.34. The van der Waals surface area contributed by atoms with Crippen LogP contribution >= 0.6 is 0 Å². The number of esters is 2. The molecule has 0 aliphatic heterocycles. The smallest absolute Gasteiger partial charge is 0.330 e. The maximum Gasteiger partial charge on any atom is 0.330 e. The standard InChI is InChI=1S/C24H25N3O5/c1-2-22(29)31-20-8-3-4-9-21(20)32-23(30)13-11-15-10-12-19(28)17(14-15)16-6-5-7-18-24(16)26-27-25-18/h2,5-7,10,12,14,20-21,28H,1,3-4,8-9,11,13H2,(H,25,26,27). The molecule has 32 heavy (non-hydrogen) atoms. The van der Waals surface area contributed by atoms with Gasteiger partial charge in [0.05, 0.1) is 5.52 Å². The number of ether oxygens (including phenoxy) is 2. The number of nitrogens with one attached hydrogen (secondary N) is 1. The molecular weight excluding hydrogens is 410 g/mol. The zero-order chi connectivity index (χ0) is 22.5. The zero-order valence-electron chi connectivity index (χ0n) is 17.6. The van der Waals surface area contributed by atoms with Crippen molar-refractivity contribution < 1.29 is 24.2 Å². The van der Waals surface area contributed by atoms with E-state index in [9.17, 15) is 14.7 Å². The SMILES string of the molecule is C=CC(=O)OC1CCCCC1OC(=O)CCc1ccc(O)c(-c2cccc3[nH]nnc23)c1. The first-order chi connectivity index (χ1) is 15.5. The average Bonchev–Trinajstić information content (AvgIpc) is 3.29. The molecule has 2 atom stereocenters. The van der Waals surface area contributed by atoms with Crippen molar-refractivity contribution in [3.8, 4) is 16.9 Å². The van der Waals surface area contributed by atoms with Gasteiger partial charge in [0.25, 0.3) is 0 Å². The number of aromatic hydroxyl groups is 1. The third-order valence-electron chi connectivity index (χ3n) is 5.68. The number of phenols is 1. The first-order valence-electron chi connectivity index (χ1n) is 10.7. The van der Waals surface area contributed by atoms with Crippen LogP contribution in [-0.2, 0) is 25.5 Å². The molecule has 166 valence electrons. The summed E-state index contributed by atoms with van der Waals surface area (Å²) in [7, 11) is 0. The van der Waals surface area contributed by atoms with Gasteiger partial charge in [-0.05, 0) is 55.9 Å². The fourth-order valence-electron chi connectivity index (χ4n) is 4.05. The summed E-state index contributed by atoms with van der Waals surface area (Å²) in [5.74, 6) is -0.720. The van der Waals surface area contributed by atoms with Crippen molar-refractivity contribution >= 4 is 23.0 Å². The molecule has 4 rings (SSSR count). The van der Waals surface area contributed by atoms with Crippen LogP contribution in [0.15, 0.2) is 49.1 Å². The van der Waals surface area contributed by atoms with E-state index in [0.717, 1.165) is 35.6 Å². The van der Waals surface area contributed by atoms with Gasteiger partial charge in [0.2, 0.25) is 0 Å². The molecule has 0 saturated heterocycles. The third kappa shape index (κ3) is 4.80. The Labute approximate surface area is 185 Å². The highest BCUT2D eigenvalue weighted by Gasteiger charge is 2.30. The molecule has 1 saturated carbocycles. The number of carbonyl (C=O) groups excluding carboxylic acids is 2. The molecule has 1 heterocycles. The predicted octanol–water partition coefficient (Wildman–Crippen LogP) is 3.85. The number of phenolic OH excluding ortho intramolecular Hbond substituents is 1. The molecule has 1 aliphatic carbocycles. The summed E-state index contributed by atoms with van der Waals surface area (Å²) in [6.07, 6.45) is 4.09. The van der Waals surface area contributed by atoms with Gasteiger partial charge in [-0.25, -0.2) is 4.79 Å². The van der Waals surface area contributed by atoms with E-state index in [0.29, 0.717) is 30.3 Å². The van der Waals surface area contributed by atoms with E-state index in [1.165, 1.54) is 0 Å². The number of H-pyrrole nitrogens is 1. The summed E-state index contributed by atoms with van der Waals surface area (Å²) in [5.41, 5.74) is 3.70. The molecule has 8 nitrogen and oxygen atoms in total. The monoisotopic (exact) mass is 435 g/mol. The van der Waals surface area contributed by atoms with E-state index in [2.05, 4.69) is 22.0 Å². The first-order valence-corrected chi connectivity index (χ1v) is 10.7. The molecule has 0 radical (unpaired) electrons. The maximum absolute atomic E-state index is 12.5. The van der Waals surface area contributed by atoms with Crippen LogP contribution in [-0.4, -0.2) is 44.7 Å². The Kier molecular flexibility index (Phi) is 6.49. The van der Waals surface area contributed by atoms with Crippen LogP contribution in [0.25, 0.3) is 22.2 Å². The Bertz CT molecular complexity index is 1140. The number of nitrogens with zero attached hydrogens (tertiary/aromatic N) is 2. The number of hydrogen-bond donors (Lipinski definition) is 2. The average molecular weight is 435 g/mol. The number of aromatic nitrogens is 3. The van der Waals surface area contributed by atoms with Gasteiger partial charge in [-0.3, -0.25) is 9.89 Å². The van der Waals surface area contributed by atoms with Crippen LogP contribution in [0.2, 0.25) is 0 Å². The zero-order valence-corrected chi connectivity index (χ0v) is 17.6. The van der Waals surface area contributed by atoms with Gasteiger partial charge in [0.15, 0.2) is 0 Å². The number of benzene rings is 2. The summed E-state index contributed by atoms with van der Waals surface area (Å²) < 4.78 is 11.0. The van der Waals surface area contributed by atoms with E-state index in [-0.39, 0.29) is 18.1 Å². The number of rotatable bonds is 7. The number of aryl methyl sites for hydroxylation is 1. The van der Waals surface area contributed by atoms with Gasteiger partial charge in [0.1, 0.15) is 23.5 Å². The highest BCUT2D eigenvalue weighted by atomic mass is 16.6. The van der Waals surface area contributed by atoms with Crippen molar-refractivity contribution in [2.45, 2.75) is 50.7 Å². The molecule has 3 aromatic rings. The predicted molar refractivity (Wildman–Crippen MR) is 118 cm³/mol. The molecule has 0 spiro atoms. The first kappa shape index (κ1) is 21.5. The molecular formula is C24H25N3O5. The number of hydrogen-bond acceptors (Lipinski definition) is 7. The molecule has 1 aliphatic rings. The maximum atomic E-state index is 12.5. The lowest BCUT2D eigenvalue weighted by Gasteiger charge is -2.30. The lowest BCUT2D eigenvalue weighted by Crippen LogP contribution is -2.37. The highest BCUT2D eigenvalue weighted by molar-refractivity contribution is 5.93. The number of aromatic amines is 1. The fourth-order valence-corrected chi connectivity index (χ4v) is 4.05. The number of carbonyl (C=O) groups is 2. The van der Waals surface area contributed by atoms with Gasteiger partial charge in [-0.1, -0.05) is 30.0 Å². The van der Waals surface area contributed by atoms with Gasteiger partial charge in [-0.2, -0.15) is 0 Å². The topological polar surface area (TPSA) is 114 Å². The molecule has 2 aromatic carbocycles. The van der Waals surface area contributed by atoms with Crippen molar-refractivity contribution in [3.05, 3.63) is 54.6 Å². The summed E-state index contributed by atoms with van der Waals surface area (Å²) >= 11 is 0. The van der Waals surface area contributed by atoms with E-state index >= 15 is 0 Å². The number of fused-ring (bicyclic) bond motifs is 1. The normalized spacial score (nSPS) is 18.2. The van der Waals surface area contributed by atoms with Crippen LogP contribution in [0.1, 0.15) is 37.7 Å². The van der Waals surface area contributed by atoms with Crippen LogP contribution in [0.3, 0.4) is 0 Å². The molecule has 1 fully saturated rings. The Morgan fingerprint density at radius 1 is 1.12 bits per heavy atom. The molecule has 2 N–H and O–H groups in total. The summed E-state index contributed by atoms with van der Waals surface area (Å²) in [4.78, 5) is 24.0. The van der Waals surface area contributed by atoms with Crippen LogP contribution < -0.4 is 0 Å². The molecule has 0 amide bonds. The van der Waals surface area contributed by atoms with Crippen LogP contribution in [0.4, 0.5) is 0 Å². The quantitative estimate of drug-likeness (QED) is 0.428. The van der Waals surface area contributed by atoms with Crippen LogP contribution in [0.5, 0.6) is 5.75 Å². The summed E-state index contributed by atoms with van der Waals surface area (Å²) in [5, 5.41) is 21.2.